The molecule has 1 aromatic carbocycles. The van der Waals surface area contributed by atoms with Crippen molar-refractivity contribution >= 4 is 18.2 Å². The fraction of sp³-hybridized carbons (Fsp3) is 0.667. The molecular formula is C21H26ClNO5. The van der Waals surface area contributed by atoms with Crippen LogP contribution in [0.15, 0.2) is 12.1 Å². The van der Waals surface area contributed by atoms with Gasteiger partial charge in [-0.1, -0.05) is 6.07 Å². The highest BCUT2D eigenvalue weighted by atomic mass is 35.5. The number of ketones is 1. The Labute approximate surface area is 170 Å². The Morgan fingerprint density at radius 3 is 2.93 bits per heavy atom. The molecule has 7 heteroatoms. The highest BCUT2D eigenvalue weighted by molar-refractivity contribution is 5.90. The lowest BCUT2D eigenvalue weighted by Crippen LogP contribution is -2.76. The fourth-order valence-corrected chi connectivity index (χ4v) is 6.68. The maximum Gasteiger partial charge on any atom is 0.174 e. The summed E-state index contributed by atoms with van der Waals surface area (Å²) >= 11 is 0. The van der Waals surface area contributed by atoms with Crippen LogP contribution >= 0.6 is 12.4 Å². The van der Waals surface area contributed by atoms with Gasteiger partial charge in [-0.25, -0.2) is 0 Å². The highest BCUT2D eigenvalue weighted by Gasteiger charge is 2.73. The van der Waals surface area contributed by atoms with E-state index in [-0.39, 0.29) is 36.1 Å². The number of hydrogen-bond acceptors (Lipinski definition) is 6. The third kappa shape index (κ3) is 2.07. The summed E-state index contributed by atoms with van der Waals surface area (Å²) < 4.78 is 11.9. The molecule has 3 heterocycles. The van der Waals surface area contributed by atoms with Crippen molar-refractivity contribution in [3.8, 4) is 11.5 Å². The minimum Gasteiger partial charge on any atom is -0.504 e. The zero-order valence-corrected chi connectivity index (χ0v) is 16.5. The summed E-state index contributed by atoms with van der Waals surface area (Å²) in [6, 6.07) is 3.57. The standard InChI is InChI=1S/C21H25NO5.ClH/c23-14-4-3-12-10-16-21(25)6-5-15(24)19-20(21,17(12)18(14)27-19)7-8-22(16)11-13-2-1-9-26-13;/h3-4,13,16,19,23,25H,1-2,5-11H2;1H/t13?,16?,19-,20-,21?;/m0./s1. The summed E-state index contributed by atoms with van der Waals surface area (Å²) in [5, 5.41) is 22.4. The number of piperidine rings is 1. The van der Waals surface area contributed by atoms with Gasteiger partial charge in [0.15, 0.2) is 23.4 Å². The van der Waals surface area contributed by atoms with Gasteiger partial charge >= 0.3 is 0 Å². The first-order valence-electron chi connectivity index (χ1n) is 10.2. The van der Waals surface area contributed by atoms with Crippen LogP contribution in [0.3, 0.4) is 0 Å². The lowest BCUT2D eigenvalue weighted by molar-refractivity contribution is -0.191. The molecule has 2 bridgehead atoms. The first-order valence-corrected chi connectivity index (χ1v) is 10.2. The number of carbonyl (C=O) groups is 1. The summed E-state index contributed by atoms with van der Waals surface area (Å²) in [4.78, 5) is 15.2. The van der Waals surface area contributed by atoms with Crippen molar-refractivity contribution in [3.63, 3.8) is 0 Å². The van der Waals surface area contributed by atoms with Crippen LogP contribution in [0.25, 0.3) is 0 Å². The quantitative estimate of drug-likeness (QED) is 0.777. The highest BCUT2D eigenvalue weighted by Crippen LogP contribution is 2.64. The first kappa shape index (κ1) is 18.7. The smallest absolute Gasteiger partial charge is 0.174 e. The van der Waals surface area contributed by atoms with Gasteiger partial charge in [0.2, 0.25) is 0 Å². The van der Waals surface area contributed by atoms with E-state index >= 15 is 0 Å². The number of benzene rings is 1. The molecule has 6 rings (SSSR count). The monoisotopic (exact) mass is 407 g/mol. The van der Waals surface area contributed by atoms with Gasteiger partial charge in [0.05, 0.1) is 17.1 Å². The van der Waals surface area contributed by atoms with Gasteiger partial charge in [-0.3, -0.25) is 9.69 Å². The predicted molar refractivity (Wildman–Crippen MR) is 103 cm³/mol. The molecule has 28 heavy (non-hydrogen) atoms. The summed E-state index contributed by atoms with van der Waals surface area (Å²) in [7, 11) is 0. The van der Waals surface area contributed by atoms with Gasteiger partial charge in [-0.05, 0) is 50.3 Å². The second kappa shape index (κ2) is 6.08. The number of carbonyl (C=O) groups excluding carboxylic acids is 1. The van der Waals surface area contributed by atoms with E-state index in [2.05, 4.69) is 4.90 Å². The molecule has 2 saturated heterocycles. The third-order valence-corrected chi connectivity index (χ3v) is 7.83. The zero-order valence-electron chi connectivity index (χ0n) is 15.7. The van der Waals surface area contributed by atoms with Gasteiger partial charge in [0.1, 0.15) is 0 Å². The van der Waals surface area contributed by atoms with E-state index in [1.807, 2.05) is 6.07 Å². The summed E-state index contributed by atoms with van der Waals surface area (Å²) in [5.74, 6) is 0.555. The molecule has 1 saturated carbocycles. The van der Waals surface area contributed by atoms with Crippen LogP contribution in [0.4, 0.5) is 0 Å². The normalized spacial score (nSPS) is 40.6. The molecule has 5 atom stereocenters. The summed E-state index contributed by atoms with van der Waals surface area (Å²) in [6.45, 7) is 2.48. The van der Waals surface area contributed by atoms with Crippen LogP contribution in [0.2, 0.25) is 0 Å². The molecule has 3 aliphatic heterocycles. The first-order chi connectivity index (χ1) is 13.0. The molecule has 152 valence electrons. The molecule has 1 aromatic rings. The third-order valence-electron chi connectivity index (χ3n) is 7.83. The topological polar surface area (TPSA) is 79.2 Å². The van der Waals surface area contributed by atoms with Gasteiger partial charge in [0.25, 0.3) is 0 Å². The van der Waals surface area contributed by atoms with Crippen LogP contribution in [-0.2, 0) is 21.4 Å². The van der Waals surface area contributed by atoms with E-state index in [9.17, 15) is 15.0 Å². The molecule has 1 spiro atoms. The van der Waals surface area contributed by atoms with Gasteiger partial charge in [-0.15, -0.1) is 12.4 Å². The number of nitrogens with zero attached hydrogens (tertiary/aromatic N) is 1. The molecule has 0 radical (unpaired) electrons. The Morgan fingerprint density at radius 2 is 2.14 bits per heavy atom. The average molecular weight is 408 g/mol. The largest absolute Gasteiger partial charge is 0.504 e. The van der Waals surface area contributed by atoms with E-state index in [0.29, 0.717) is 25.0 Å². The minimum absolute atomic E-state index is 0. The Morgan fingerprint density at radius 1 is 1.29 bits per heavy atom. The molecule has 0 aromatic heterocycles. The summed E-state index contributed by atoms with van der Waals surface area (Å²) in [5.41, 5.74) is 0.277. The lowest BCUT2D eigenvalue weighted by atomic mass is 9.49. The molecule has 2 aliphatic carbocycles. The molecule has 6 nitrogen and oxygen atoms in total. The molecular weight excluding hydrogens is 382 g/mol. The lowest BCUT2D eigenvalue weighted by Gasteiger charge is -2.62. The van der Waals surface area contributed by atoms with Gasteiger partial charge in [-0.2, -0.15) is 0 Å². The molecule has 3 unspecified atom stereocenters. The average Bonchev–Trinajstić information content (AvgIpc) is 3.27. The van der Waals surface area contributed by atoms with Crippen molar-refractivity contribution in [1.82, 2.24) is 4.90 Å². The molecule has 0 amide bonds. The number of rotatable bonds is 2. The minimum atomic E-state index is -1.01. The van der Waals surface area contributed by atoms with Gasteiger partial charge < -0.3 is 19.7 Å². The van der Waals surface area contributed by atoms with Gasteiger partial charge in [0, 0.05) is 31.2 Å². The predicted octanol–water partition coefficient (Wildman–Crippen LogP) is 1.72. The molecule has 5 aliphatic rings. The van der Waals surface area contributed by atoms with E-state index in [1.54, 1.807) is 6.07 Å². The number of aliphatic hydroxyl groups is 1. The number of likely N-dealkylation sites (tertiary alicyclic amines) is 1. The number of phenolic OH excluding ortho intramolecular Hbond substituents is 1. The zero-order chi connectivity index (χ0) is 18.4. The van der Waals surface area contributed by atoms with Crippen molar-refractivity contribution in [2.75, 3.05) is 19.7 Å². The van der Waals surface area contributed by atoms with Crippen LogP contribution in [-0.4, -0.2) is 64.4 Å². The summed E-state index contributed by atoms with van der Waals surface area (Å²) in [6.07, 6.45) is 3.93. The maximum absolute atomic E-state index is 12.8. The van der Waals surface area contributed by atoms with Crippen molar-refractivity contribution in [2.24, 2.45) is 0 Å². The van der Waals surface area contributed by atoms with Crippen molar-refractivity contribution in [1.29, 1.82) is 0 Å². The number of Topliss-reactive ketones (excluding diaryl/α,β-unsaturated/α-hetero) is 1. The Bertz CT molecular complexity index is 840. The Balaban J connectivity index is 0.00000171. The van der Waals surface area contributed by atoms with Crippen molar-refractivity contribution in [2.45, 2.75) is 67.8 Å². The van der Waals surface area contributed by atoms with Crippen LogP contribution < -0.4 is 4.74 Å². The molecule has 3 fully saturated rings. The van der Waals surface area contributed by atoms with Crippen LogP contribution in [0.5, 0.6) is 11.5 Å². The van der Waals surface area contributed by atoms with Crippen molar-refractivity contribution in [3.05, 3.63) is 23.3 Å². The number of aromatic hydroxyl groups is 1. The SMILES string of the molecule is Cl.O=C1CCC2(O)C3Cc4ccc(O)c5c4[C@@]2(CCN3CC2CCCO2)[C@H]1O5. The second-order valence-electron chi connectivity index (χ2n) is 8.91. The molecule has 2 N–H and O–H groups in total. The maximum atomic E-state index is 12.8. The number of halogens is 1. The van der Waals surface area contributed by atoms with E-state index in [4.69, 9.17) is 9.47 Å². The van der Waals surface area contributed by atoms with Crippen LogP contribution in [0.1, 0.15) is 43.2 Å². The van der Waals surface area contributed by atoms with Crippen molar-refractivity contribution < 1.29 is 24.5 Å². The van der Waals surface area contributed by atoms with Crippen LogP contribution in [0, 0.1) is 0 Å². The Kier molecular flexibility index (Phi) is 4.05. The number of phenols is 1. The number of ether oxygens (including phenoxy) is 2. The van der Waals surface area contributed by atoms with E-state index in [1.165, 1.54) is 0 Å². The van der Waals surface area contributed by atoms with E-state index < -0.39 is 17.1 Å². The van der Waals surface area contributed by atoms with E-state index in [0.717, 1.165) is 50.1 Å². The number of hydrogen-bond donors (Lipinski definition) is 2. The fourth-order valence-electron chi connectivity index (χ4n) is 6.68. The second-order valence-corrected chi connectivity index (χ2v) is 8.91. The Hall–Kier alpha value is -1.34.